The fourth-order valence-corrected chi connectivity index (χ4v) is 4.34. The first-order valence-electron chi connectivity index (χ1n) is 8.28. The molecule has 1 atom stereocenters. The molecule has 1 aromatic heterocycles. The second kappa shape index (κ2) is 6.67. The van der Waals surface area contributed by atoms with Crippen molar-refractivity contribution < 1.29 is 0 Å². The van der Waals surface area contributed by atoms with Gasteiger partial charge in [0.2, 0.25) is 0 Å². The van der Waals surface area contributed by atoms with Crippen LogP contribution in [0.5, 0.6) is 0 Å². The van der Waals surface area contributed by atoms with E-state index in [1.807, 2.05) is 24.2 Å². The predicted octanol–water partition coefficient (Wildman–Crippen LogP) is 4.80. The summed E-state index contributed by atoms with van der Waals surface area (Å²) >= 11 is 1.85. The lowest BCUT2D eigenvalue weighted by atomic mass is 10.1. The quantitative estimate of drug-likeness (QED) is 0.808. The first kappa shape index (κ1) is 14.6. The standard InChI is InChI=1S/C19H21N3S/c1-3-7-16(8-4-1)19-22(13-14-23-19)18-15-20-10-9-17(18)21-11-5-2-6-12-21/h1,3-4,7-10,13-15,19H,2,5-6,11-12H2. The monoisotopic (exact) mass is 323 g/mol. The predicted molar refractivity (Wildman–Crippen MR) is 98.7 cm³/mol. The van der Waals surface area contributed by atoms with Gasteiger partial charge >= 0.3 is 0 Å². The number of piperidine rings is 1. The molecule has 0 spiro atoms. The van der Waals surface area contributed by atoms with Crippen LogP contribution in [0.1, 0.15) is 30.2 Å². The maximum Gasteiger partial charge on any atom is 0.109 e. The van der Waals surface area contributed by atoms with Crippen LogP contribution < -0.4 is 9.80 Å². The summed E-state index contributed by atoms with van der Waals surface area (Å²) in [6.07, 6.45) is 10.0. The third-order valence-electron chi connectivity index (χ3n) is 4.52. The van der Waals surface area contributed by atoms with Crippen LogP contribution in [0.3, 0.4) is 0 Å². The molecule has 0 N–H and O–H groups in total. The lowest BCUT2D eigenvalue weighted by molar-refractivity contribution is 0.577. The molecule has 3 nitrogen and oxygen atoms in total. The molecular formula is C19H21N3S. The van der Waals surface area contributed by atoms with Crippen LogP contribution in [0.15, 0.2) is 60.4 Å². The van der Waals surface area contributed by atoms with E-state index in [0.29, 0.717) is 5.37 Å². The molecule has 0 saturated carbocycles. The SMILES string of the molecule is C1=CN(c2cnccc2N2CCCCC2)C(c2ccccc2)S1. The molecule has 23 heavy (non-hydrogen) atoms. The number of benzene rings is 1. The summed E-state index contributed by atoms with van der Waals surface area (Å²) in [5.41, 5.74) is 3.85. The summed E-state index contributed by atoms with van der Waals surface area (Å²) in [6.45, 7) is 2.30. The number of nitrogens with zero attached hydrogens (tertiary/aromatic N) is 3. The van der Waals surface area contributed by atoms with Crippen LogP contribution >= 0.6 is 11.8 Å². The fraction of sp³-hybridized carbons (Fsp3) is 0.316. The molecule has 1 aromatic carbocycles. The lowest BCUT2D eigenvalue weighted by Gasteiger charge is -2.34. The molecule has 2 aliphatic heterocycles. The Morgan fingerprint density at radius 2 is 1.78 bits per heavy atom. The Balaban J connectivity index is 1.68. The highest BCUT2D eigenvalue weighted by Gasteiger charge is 2.26. The summed E-state index contributed by atoms with van der Waals surface area (Å²) in [6, 6.07) is 12.9. The van der Waals surface area contributed by atoms with E-state index in [0.717, 1.165) is 13.1 Å². The minimum atomic E-state index is 0.295. The Kier molecular flexibility index (Phi) is 4.24. The zero-order chi connectivity index (χ0) is 15.5. The number of pyridine rings is 1. The Morgan fingerprint density at radius 1 is 0.957 bits per heavy atom. The van der Waals surface area contributed by atoms with Crippen molar-refractivity contribution in [3.8, 4) is 0 Å². The van der Waals surface area contributed by atoms with Gasteiger partial charge in [-0.15, -0.1) is 11.8 Å². The van der Waals surface area contributed by atoms with E-state index in [9.17, 15) is 0 Å². The Hall–Kier alpha value is -1.94. The Bertz CT molecular complexity index is 680. The smallest absolute Gasteiger partial charge is 0.109 e. The summed E-state index contributed by atoms with van der Waals surface area (Å²) in [5, 5.41) is 2.48. The van der Waals surface area contributed by atoms with E-state index in [1.165, 1.54) is 36.2 Å². The van der Waals surface area contributed by atoms with Crippen molar-refractivity contribution in [2.75, 3.05) is 22.9 Å². The van der Waals surface area contributed by atoms with Crippen LogP contribution in [-0.2, 0) is 0 Å². The topological polar surface area (TPSA) is 19.4 Å². The Labute approximate surface area is 142 Å². The summed E-state index contributed by atoms with van der Waals surface area (Å²) in [4.78, 5) is 9.27. The molecule has 0 radical (unpaired) electrons. The minimum absolute atomic E-state index is 0.295. The van der Waals surface area contributed by atoms with E-state index < -0.39 is 0 Å². The first-order chi connectivity index (χ1) is 11.4. The highest BCUT2D eigenvalue weighted by atomic mass is 32.2. The number of rotatable bonds is 3. The molecular weight excluding hydrogens is 302 g/mol. The maximum atomic E-state index is 4.40. The summed E-state index contributed by atoms with van der Waals surface area (Å²) in [7, 11) is 0. The van der Waals surface area contributed by atoms with Gasteiger partial charge in [0.05, 0.1) is 17.6 Å². The van der Waals surface area contributed by atoms with Gasteiger partial charge in [-0.2, -0.15) is 0 Å². The highest BCUT2D eigenvalue weighted by Crippen LogP contribution is 2.44. The molecule has 0 bridgehead atoms. The molecule has 2 aromatic rings. The van der Waals surface area contributed by atoms with Gasteiger partial charge in [0.25, 0.3) is 0 Å². The van der Waals surface area contributed by atoms with Crippen LogP contribution in [0.4, 0.5) is 11.4 Å². The van der Waals surface area contributed by atoms with Crippen LogP contribution in [0, 0.1) is 0 Å². The third-order valence-corrected chi connectivity index (χ3v) is 5.55. The minimum Gasteiger partial charge on any atom is -0.370 e. The van der Waals surface area contributed by atoms with Crippen molar-refractivity contribution in [3.63, 3.8) is 0 Å². The Morgan fingerprint density at radius 3 is 2.61 bits per heavy atom. The molecule has 3 heterocycles. The van der Waals surface area contributed by atoms with Gasteiger partial charge in [-0.25, -0.2) is 0 Å². The van der Waals surface area contributed by atoms with Gasteiger partial charge in [-0.1, -0.05) is 30.3 Å². The van der Waals surface area contributed by atoms with Crippen molar-refractivity contribution in [2.24, 2.45) is 0 Å². The van der Waals surface area contributed by atoms with Gasteiger partial charge in [-0.05, 0) is 36.3 Å². The second-order valence-electron chi connectivity index (χ2n) is 6.00. The zero-order valence-electron chi connectivity index (χ0n) is 13.1. The molecule has 2 aliphatic rings. The van der Waals surface area contributed by atoms with Crippen molar-refractivity contribution in [1.29, 1.82) is 0 Å². The average Bonchev–Trinajstić information content (AvgIpc) is 3.13. The summed E-state index contributed by atoms with van der Waals surface area (Å²) in [5.74, 6) is 0. The molecule has 118 valence electrons. The summed E-state index contributed by atoms with van der Waals surface area (Å²) < 4.78 is 0. The molecule has 1 saturated heterocycles. The first-order valence-corrected chi connectivity index (χ1v) is 9.22. The fourth-order valence-electron chi connectivity index (χ4n) is 3.36. The van der Waals surface area contributed by atoms with E-state index in [2.05, 4.69) is 62.8 Å². The molecule has 4 heteroatoms. The van der Waals surface area contributed by atoms with Crippen molar-refractivity contribution in [2.45, 2.75) is 24.6 Å². The normalized spacial score (nSPS) is 21.0. The van der Waals surface area contributed by atoms with Gasteiger partial charge in [0, 0.05) is 25.5 Å². The van der Waals surface area contributed by atoms with Crippen LogP contribution in [-0.4, -0.2) is 18.1 Å². The second-order valence-corrected chi connectivity index (χ2v) is 6.99. The van der Waals surface area contributed by atoms with Crippen molar-refractivity contribution in [1.82, 2.24) is 4.98 Å². The molecule has 1 fully saturated rings. The van der Waals surface area contributed by atoms with Gasteiger partial charge < -0.3 is 9.80 Å². The number of anilines is 2. The molecule has 4 rings (SSSR count). The lowest BCUT2D eigenvalue weighted by Crippen LogP contribution is -2.31. The van der Waals surface area contributed by atoms with Gasteiger partial charge in [0.15, 0.2) is 0 Å². The average molecular weight is 323 g/mol. The number of hydrogen-bond acceptors (Lipinski definition) is 4. The van der Waals surface area contributed by atoms with Crippen molar-refractivity contribution in [3.05, 3.63) is 66.0 Å². The number of aromatic nitrogens is 1. The van der Waals surface area contributed by atoms with E-state index in [1.54, 1.807) is 0 Å². The van der Waals surface area contributed by atoms with Crippen LogP contribution in [0.25, 0.3) is 0 Å². The van der Waals surface area contributed by atoms with Crippen molar-refractivity contribution >= 4 is 23.1 Å². The highest BCUT2D eigenvalue weighted by molar-refractivity contribution is 8.02. The van der Waals surface area contributed by atoms with Gasteiger partial charge in [-0.3, -0.25) is 4.98 Å². The van der Waals surface area contributed by atoms with Gasteiger partial charge in [0.1, 0.15) is 5.37 Å². The molecule has 1 unspecified atom stereocenters. The molecule has 0 amide bonds. The van der Waals surface area contributed by atoms with Crippen LogP contribution in [0.2, 0.25) is 0 Å². The maximum absolute atomic E-state index is 4.40. The van der Waals surface area contributed by atoms with E-state index in [4.69, 9.17) is 0 Å². The van der Waals surface area contributed by atoms with E-state index >= 15 is 0 Å². The largest absolute Gasteiger partial charge is 0.370 e. The van der Waals surface area contributed by atoms with E-state index in [-0.39, 0.29) is 0 Å². The number of thioether (sulfide) groups is 1. The number of hydrogen-bond donors (Lipinski definition) is 0. The third kappa shape index (κ3) is 2.95. The molecule has 0 aliphatic carbocycles. The zero-order valence-corrected chi connectivity index (χ0v) is 14.0.